The van der Waals surface area contributed by atoms with Crippen LogP contribution >= 0.6 is 0 Å². The third-order valence-electron chi connectivity index (χ3n) is 2.33. The fraction of sp³-hybridized carbons (Fsp3) is 0.455. The van der Waals surface area contributed by atoms with Crippen molar-refractivity contribution in [1.82, 2.24) is 0 Å². The van der Waals surface area contributed by atoms with E-state index in [0.717, 1.165) is 12.0 Å². The highest BCUT2D eigenvalue weighted by Crippen LogP contribution is 2.19. The van der Waals surface area contributed by atoms with Crippen LogP contribution in [0.25, 0.3) is 0 Å². The molecule has 0 bridgehead atoms. The van der Waals surface area contributed by atoms with E-state index in [2.05, 4.69) is 0 Å². The summed E-state index contributed by atoms with van der Waals surface area (Å²) in [6, 6.07) is 4.99. The summed E-state index contributed by atoms with van der Waals surface area (Å²) in [6.07, 6.45) is 1.44. The Bertz CT molecular complexity index is 438. The number of rotatable bonds is 4. The molecule has 0 radical (unpaired) electrons. The van der Waals surface area contributed by atoms with E-state index in [0.29, 0.717) is 17.0 Å². The highest BCUT2D eigenvalue weighted by Gasteiger charge is 2.13. The van der Waals surface area contributed by atoms with Gasteiger partial charge in [0.1, 0.15) is 0 Å². The van der Waals surface area contributed by atoms with Gasteiger partial charge in [-0.2, -0.15) is 0 Å². The minimum Gasteiger partial charge on any atom is -0.398 e. The molecular weight excluding hydrogens is 210 g/mol. The second-order valence-corrected chi connectivity index (χ2v) is 5.64. The van der Waals surface area contributed by atoms with Crippen molar-refractivity contribution < 1.29 is 8.42 Å². The van der Waals surface area contributed by atoms with Gasteiger partial charge in [0, 0.05) is 5.69 Å². The molecule has 4 heteroatoms. The lowest BCUT2D eigenvalue weighted by atomic mass is 10.1. The second kappa shape index (κ2) is 4.66. The van der Waals surface area contributed by atoms with Gasteiger partial charge in [0.05, 0.1) is 10.6 Å². The van der Waals surface area contributed by atoms with Crippen molar-refractivity contribution in [3.8, 4) is 0 Å². The molecule has 0 aliphatic heterocycles. The molecule has 84 valence electrons. The number of hydrogen-bond acceptors (Lipinski definition) is 3. The van der Waals surface area contributed by atoms with E-state index in [-0.39, 0.29) is 5.75 Å². The molecule has 15 heavy (non-hydrogen) atoms. The number of nitrogen functional groups attached to an aromatic ring is 1. The van der Waals surface area contributed by atoms with Crippen molar-refractivity contribution >= 4 is 15.5 Å². The predicted molar refractivity (Wildman–Crippen MR) is 62.6 cm³/mol. The summed E-state index contributed by atoms with van der Waals surface area (Å²) in [6.45, 7) is 3.84. The topological polar surface area (TPSA) is 60.2 Å². The molecule has 0 aliphatic rings. The number of benzene rings is 1. The van der Waals surface area contributed by atoms with E-state index in [9.17, 15) is 8.42 Å². The lowest BCUT2D eigenvalue weighted by Gasteiger charge is -2.07. The van der Waals surface area contributed by atoms with Crippen LogP contribution in [-0.4, -0.2) is 14.2 Å². The van der Waals surface area contributed by atoms with E-state index in [1.165, 1.54) is 0 Å². The molecule has 3 nitrogen and oxygen atoms in total. The summed E-state index contributed by atoms with van der Waals surface area (Å²) < 4.78 is 23.5. The number of aryl methyl sites for hydroxylation is 1. The minimum atomic E-state index is -3.14. The normalized spacial score (nSPS) is 11.6. The molecule has 0 fully saturated rings. The van der Waals surface area contributed by atoms with Gasteiger partial charge in [0.15, 0.2) is 9.84 Å². The van der Waals surface area contributed by atoms with Crippen molar-refractivity contribution in [2.75, 3.05) is 11.5 Å². The third-order valence-corrected chi connectivity index (χ3v) is 4.25. The van der Waals surface area contributed by atoms with E-state index < -0.39 is 9.84 Å². The Labute approximate surface area is 91.2 Å². The zero-order valence-electron chi connectivity index (χ0n) is 9.16. The Morgan fingerprint density at radius 1 is 1.27 bits per heavy atom. The van der Waals surface area contributed by atoms with Crippen molar-refractivity contribution in [3.63, 3.8) is 0 Å². The molecule has 0 unspecified atom stereocenters. The quantitative estimate of drug-likeness (QED) is 0.800. The van der Waals surface area contributed by atoms with Gasteiger partial charge in [-0.3, -0.25) is 0 Å². The lowest BCUT2D eigenvalue weighted by Crippen LogP contribution is -2.07. The van der Waals surface area contributed by atoms with Crippen LogP contribution in [0.2, 0.25) is 0 Å². The Kier molecular flexibility index (Phi) is 3.74. The van der Waals surface area contributed by atoms with Crippen LogP contribution in [0.15, 0.2) is 23.1 Å². The average molecular weight is 227 g/mol. The van der Waals surface area contributed by atoms with Gasteiger partial charge in [-0.25, -0.2) is 8.42 Å². The van der Waals surface area contributed by atoms with Crippen LogP contribution in [0, 0.1) is 0 Å². The molecule has 1 aromatic carbocycles. The summed E-state index contributed by atoms with van der Waals surface area (Å²) in [5.41, 5.74) is 7.32. The predicted octanol–water partition coefficient (Wildman–Crippen LogP) is 2.01. The summed E-state index contributed by atoms with van der Waals surface area (Å²) in [5, 5.41) is 0. The summed E-state index contributed by atoms with van der Waals surface area (Å²) in [4.78, 5) is 0.332. The second-order valence-electron chi connectivity index (χ2n) is 3.53. The zero-order valence-corrected chi connectivity index (χ0v) is 9.97. The zero-order chi connectivity index (χ0) is 11.5. The Morgan fingerprint density at radius 3 is 2.40 bits per heavy atom. The molecule has 1 aromatic rings. The first-order valence-electron chi connectivity index (χ1n) is 5.12. The molecule has 0 atom stereocenters. The third kappa shape index (κ3) is 2.72. The number of anilines is 1. The standard InChI is InChI=1S/C11H17NO2S/c1-3-7-15(13,14)10-6-5-9(4-2)11(12)8-10/h5-6,8H,3-4,7,12H2,1-2H3. The molecule has 0 saturated carbocycles. The van der Waals surface area contributed by atoms with Crippen molar-refractivity contribution in [2.24, 2.45) is 0 Å². The molecular formula is C11H17NO2S. The van der Waals surface area contributed by atoms with Gasteiger partial charge in [0.2, 0.25) is 0 Å². The summed E-state index contributed by atoms with van der Waals surface area (Å²) in [5.74, 6) is 0.178. The van der Waals surface area contributed by atoms with Gasteiger partial charge in [-0.1, -0.05) is 19.9 Å². The van der Waals surface area contributed by atoms with Crippen LogP contribution in [0.5, 0.6) is 0 Å². The average Bonchev–Trinajstić information content (AvgIpc) is 2.17. The molecule has 1 rings (SSSR count). The number of hydrogen-bond donors (Lipinski definition) is 1. The van der Waals surface area contributed by atoms with Crippen molar-refractivity contribution in [3.05, 3.63) is 23.8 Å². The van der Waals surface area contributed by atoms with E-state index in [1.807, 2.05) is 13.8 Å². The van der Waals surface area contributed by atoms with E-state index in [1.54, 1.807) is 18.2 Å². The summed E-state index contributed by atoms with van der Waals surface area (Å²) in [7, 11) is -3.14. The fourth-order valence-corrected chi connectivity index (χ4v) is 2.83. The Hall–Kier alpha value is -1.03. The molecule has 0 spiro atoms. The molecule has 0 heterocycles. The molecule has 0 aromatic heterocycles. The number of nitrogens with two attached hydrogens (primary N) is 1. The van der Waals surface area contributed by atoms with Gasteiger partial charge in [0.25, 0.3) is 0 Å². The van der Waals surface area contributed by atoms with Gasteiger partial charge in [-0.05, 0) is 30.5 Å². The lowest BCUT2D eigenvalue weighted by molar-refractivity contribution is 0.594. The van der Waals surface area contributed by atoms with Crippen molar-refractivity contribution in [1.29, 1.82) is 0 Å². The van der Waals surface area contributed by atoms with Crippen LogP contribution in [0.3, 0.4) is 0 Å². The van der Waals surface area contributed by atoms with Crippen molar-refractivity contribution in [2.45, 2.75) is 31.6 Å². The highest BCUT2D eigenvalue weighted by molar-refractivity contribution is 7.91. The van der Waals surface area contributed by atoms with Crippen LogP contribution in [-0.2, 0) is 16.3 Å². The first kappa shape index (κ1) is 12.0. The minimum absolute atomic E-state index is 0.178. The molecule has 0 aliphatic carbocycles. The maximum absolute atomic E-state index is 11.7. The molecule has 0 saturated heterocycles. The SMILES string of the molecule is CCCS(=O)(=O)c1ccc(CC)c(N)c1. The highest BCUT2D eigenvalue weighted by atomic mass is 32.2. The van der Waals surface area contributed by atoms with Gasteiger partial charge in [-0.15, -0.1) is 0 Å². The first-order valence-corrected chi connectivity index (χ1v) is 6.77. The number of sulfone groups is 1. The first-order chi connectivity index (χ1) is 7.01. The van der Waals surface area contributed by atoms with Crippen LogP contribution in [0.1, 0.15) is 25.8 Å². The van der Waals surface area contributed by atoms with Crippen LogP contribution < -0.4 is 5.73 Å². The van der Waals surface area contributed by atoms with E-state index >= 15 is 0 Å². The largest absolute Gasteiger partial charge is 0.398 e. The molecule has 2 N–H and O–H groups in total. The molecule has 0 amide bonds. The van der Waals surface area contributed by atoms with Gasteiger partial charge >= 0.3 is 0 Å². The Morgan fingerprint density at radius 2 is 1.93 bits per heavy atom. The monoisotopic (exact) mass is 227 g/mol. The van der Waals surface area contributed by atoms with Crippen LogP contribution in [0.4, 0.5) is 5.69 Å². The maximum atomic E-state index is 11.7. The maximum Gasteiger partial charge on any atom is 0.178 e. The van der Waals surface area contributed by atoms with Gasteiger partial charge < -0.3 is 5.73 Å². The fourth-order valence-electron chi connectivity index (χ4n) is 1.48. The Balaban J connectivity index is 3.13. The smallest absolute Gasteiger partial charge is 0.178 e. The van der Waals surface area contributed by atoms with E-state index in [4.69, 9.17) is 5.73 Å². The summed E-state index contributed by atoms with van der Waals surface area (Å²) >= 11 is 0.